The Bertz CT molecular complexity index is 1610. The van der Waals surface area contributed by atoms with Crippen molar-refractivity contribution in [1.29, 1.82) is 0 Å². The highest BCUT2D eigenvalue weighted by molar-refractivity contribution is 5.99. The molecule has 4 heteroatoms. The molecule has 0 aromatic carbocycles. The third-order valence-electron chi connectivity index (χ3n) is 22.0. The first kappa shape index (κ1) is 48.6. The molecule has 0 saturated heterocycles. The number of carbonyl (C=O) groups excluding carboxylic acids is 2. The van der Waals surface area contributed by atoms with E-state index in [4.69, 9.17) is 9.47 Å². The fourth-order valence-electron chi connectivity index (χ4n) is 17.8. The van der Waals surface area contributed by atoms with Gasteiger partial charge < -0.3 is 9.47 Å². The predicted molar refractivity (Wildman–Crippen MR) is 265 cm³/mol. The van der Waals surface area contributed by atoms with Gasteiger partial charge in [0.1, 0.15) is 12.2 Å². The fourth-order valence-corrected chi connectivity index (χ4v) is 17.8. The molecule has 0 amide bonds. The van der Waals surface area contributed by atoms with Gasteiger partial charge in [0, 0.05) is 24.0 Å². The lowest BCUT2D eigenvalue weighted by Crippen LogP contribution is -2.50. The molecule has 0 spiro atoms. The lowest BCUT2D eigenvalue weighted by Gasteiger charge is -2.58. The number of carbonyl (C=O) groups is 2. The van der Waals surface area contributed by atoms with Crippen molar-refractivity contribution in [3.63, 3.8) is 0 Å². The summed E-state index contributed by atoms with van der Waals surface area (Å²) in [4.78, 5) is 27.4. The summed E-state index contributed by atoms with van der Waals surface area (Å²) in [6.07, 6.45) is 44.2. The number of rotatable bonds is 18. The molecular weight excluding hydrogens is 785 g/mol. The molecule has 0 N–H and O–H groups in total. The first-order valence-corrected chi connectivity index (χ1v) is 28.2. The average molecular weight is 881 g/mol. The highest BCUT2D eigenvalue weighted by Gasteiger charge is 2.60. The lowest BCUT2D eigenvalue weighted by atomic mass is 9.47. The molecule has 8 aliphatic carbocycles. The Balaban J connectivity index is 0.815. The Morgan fingerprint density at radius 2 is 0.891 bits per heavy atom. The van der Waals surface area contributed by atoms with E-state index < -0.39 is 0 Å². The van der Waals surface area contributed by atoms with E-state index in [1.807, 2.05) is 0 Å². The number of ether oxygens (including phenoxy) is 2. The fraction of sp³-hybridized carbons (Fsp3) is 0.867. The number of fused-ring (bicyclic) bond motifs is 10. The minimum Gasteiger partial charge on any atom is -0.459 e. The van der Waals surface area contributed by atoms with Crippen LogP contribution in [-0.2, 0) is 19.1 Å². The predicted octanol–water partition coefficient (Wildman–Crippen LogP) is 16.8. The average Bonchev–Trinajstić information content (AvgIpc) is 3.81. The summed E-state index contributed by atoms with van der Waals surface area (Å²) < 4.78 is 12.5. The van der Waals surface area contributed by atoms with Crippen LogP contribution in [0.15, 0.2) is 34.4 Å². The van der Waals surface area contributed by atoms with Gasteiger partial charge in [-0.2, -0.15) is 0 Å². The SMILES string of the molecule is CCCCCCCCC1CCC2C3CC=C4CC(OC(=O)C(C)=C(C)C(=O)OC5CCC6(C)C(=CCC7C6CCC6(C)C(CCCCCCCC)CCC76)C5)CCC4(C)C3CCC12C. The Labute approximate surface area is 393 Å². The second-order valence-electron chi connectivity index (χ2n) is 25.1. The maximum atomic E-state index is 13.7. The van der Waals surface area contributed by atoms with Crippen LogP contribution < -0.4 is 0 Å². The number of allylic oxidation sites excluding steroid dienone is 2. The molecule has 64 heavy (non-hydrogen) atoms. The van der Waals surface area contributed by atoms with E-state index in [2.05, 4.69) is 53.7 Å². The van der Waals surface area contributed by atoms with Gasteiger partial charge in [-0.05, 0) is 186 Å². The molecule has 6 fully saturated rings. The van der Waals surface area contributed by atoms with Gasteiger partial charge in [0.25, 0.3) is 0 Å². The molecule has 0 radical (unpaired) electrons. The van der Waals surface area contributed by atoms with Crippen molar-refractivity contribution in [2.45, 2.75) is 260 Å². The third kappa shape index (κ3) is 9.34. The summed E-state index contributed by atoms with van der Waals surface area (Å²) >= 11 is 0. The van der Waals surface area contributed by atoms with Gasteiger partial charge >= 0.3 is 11.9 Å². The van der Waals surface area contributed by atoms with E-state index in [1.54, 1.807) is 25.0 Å². The molecule has 14 unspecified atom stereocenters. The summed E-state index contributed by atoms with van der Waals surface area (Å²) in [5.41, 5.74) is 5.43. The molecule has 0 aromatic rings. The second kappa shape index (κ2) is 20.4. The van der Waals surface area contributed by atoms with Crippen molar-refractivity contribution >= 4 is 11.9 Å². The quantitative estimate of drug-likeness (QED) is 0.0596. The molecule has 0 heterocycles. The summed E-state index contributed by atoms with van der Waals surface area (Å²) in [6, 6.07) is 0. The van der Waals surface area contributed by atoms with Crippen LogP contribution in [0, 0.1) is 69.0 Å². The topological polar surface area (TPSA) is 52.6 Å². The Kier molecular flexibility index (Phi) is 15.5. The summed E-state index contributed by atoms with van der Waals surface area (Å²) in [5, 5.41) is 0. The first-order chi connectivity index (χ1) is 30.8. The standard InChI is InChI=1S/C60H96O4/c1-9-11-13-15-17-19-21-43-25-29-51-49-27-23-45-39-47(31-35-59(45,7)53(49)33-37-57(43,51)5)63-55(61)41(3)42(4)56(62)64-48-32-36-60(8)46(40-48)24-28-50-52-30-26-44(22-20-18-16-14-12-10-2)58(52,6)38-34-54(50)60/h23-24,43-44,47-54H,9-22,25-40H2,1-8H3. The van der Waals surface area contributed by atoms with Crippen LogP contribution in [0.1, 0.15) is 248 Å². The van der Waals surface area contributed by atoms with Crippen LogP contribution in [0.5, 0.6) is 0 Å². The van der Waals surface area contributed by atoms with Crippen molar-refractivity contribution < 1.29 is 19.1 Å². The van der Waals surface area contributed by atoms with Gasteiger partial charge in [-0.15, -0.1) is 0 Å². The molecule has 0 aromatic heterocycles. The van der Waals surface area contributed by atoms with Crippen molar-refractivity contribution in [3.05, 3.63) is 34.4 Å². The lowest BCUT2D eigenvalue weighted by molar-refractivity contribution is -0.150. The van der Waals surface area contributed by atoms with Crippen LogP contribution in [0.4, 0.5) is 0 Å². The third-order valence-corrected chi connectivity index (χ3v) is 22.0. The highest BCUT2D eigenvalue weighted by atomic mass is 16.5. The molecule has 0 bridgehead atoms. The molecule has 4 nitrogen and oxygen atoms in total. The van der Waals surface area contributed by atoms with E-state index in [9.17, 15) is 9.59 Å². The highest BCUT2D eigenvalue weighted by Crippen LogP contribution is 2.68. The van der Waals surface area contributed by atoms with Gasteiger partial charge in [-0.25, -0.2) is 9.59 Å². The molecule has 8 rings (SSSR count). The molecule has 360 valence electrons. The second-order valence-corrected chi connectivity index (χ2v) is 25.1. The minimum absolute atomic E-state index is 0.115. The van der Waals surface area contributed by atoms with Crippen LogP contribution in [0.2, 0.25) is 0 Å². The maximum Gasteiger partial charge on any atom is 0.334 e. The largest absolute Gasteiger partial charge is 0.459 e. The number of esters is 2. The van der Waals surface area contributed by atoms with E-state index in [0.717, 1.165) is 85.9 Å². The van der Waals surface area contributed by atoms with Gasteiger partial charge in [0.2, 0.25) is 0 Å². The van der Waals surface area contributed by atoms with Gasteiger partial charge in [-0.3, -0.25) is 0 Å². The first-order valence-electron chi connectivity index (χ1n) is 28.2. The number of hydrogen-bond donors (Lipinski definition) is 0. The van der Waals surface area contributed by atoms with Crippen LogP contribution in [-0.4, -0.2) is 24.1 Å². The monoisotopic (exact) mass is 881 g/mol. The van der Waals surface area contributed by atoms with Gasteiger partial charge in [0.05, 0.1) is 0 Å². The smallest absolute Gasteiger partial charge is 0.334 e. The molecule has 0 aliphatic heterocycles. The van der Waals surface area contributed by atoms with Crippen molar-refractivity contribution in [1.82, 2.24) is 0 Å². The number of hydrogen-bond acceptors (Lipinski definition) is 4. The summed E-state index contributed by atoms with van der Waals surface area (Å²) in [6.45, 7) is 18.7. The number of unbranched alkanes of at least 4 members (excludes halogenated alkanes) is 10. The van der Waals surface area contributed by atoms with E-state index in [1.165, 1.54) is 154 Å². The Hall–Kier alpha value is -1.84. The maximum absolute atomic E-state index is 13.7. The molecule has 14 atom stereocenters. The Morgan fingerprint density at radius 1 is 0.500 bits per heavy atom. The summed E-state index contributed by atoms with van der Waals surface area (Å²) in [7, 11) is 0. The Morgan fingerprint density at radius 3 is 1.30 bits per heavy atom. The molecule has 6 saturated carbocycles. The van der Waals surface area contributed by atoms with E-state index >= 15 is 0 Å². The van der Waals surface area contributed by atoms with Crippen molar-refractivity contribution in [3.8, 4) is 0 Å². The zero-order valence-corrected chi connectivity index (χ0v) is 42.8. The van der Waals surface area contributed by atoms with E-state index in [0.29, 0.717) is 22.0 Å². The molecule has 8 aliphatic rings. The normalized spacial score (nSPS) is 41.5. The van der Waals surface area contributed by atoms with Crippen LogP contribution in [0.25, 0.3) is 0 Å². The zero-order chi connectivity index (χ0) is 45.3. The van der Waals surface area contributed by atoms with Crippen LogP contribution in [0.3, 0.4) is 0 Å². The van der Waals surface area contributed by atoms with Crippen molar-refractivity contribution in [2.24, 2.45) is 69.0 Å². The van der Waals surface area contributed by atoms with E-state index in [-0.39, 0.29) is 35.0 Å². The van der Waals surface area contributed by atoms with Crippen LogP contribution >= 0.6 is 0 Å². The van der Waals surface area contributed by atoms with Crippen molar-refractivity contribution in [2.75, 3.05) is 0 Å². The van der Waals surface area contributed by atoms with Gasteiger partial charge in [0.15, 0.2) is 0 Å². The molecular formula is C60H96O4. The van der Waals surface area contributed by atoms with Gasteiger partial charge in [-0.1, -0.05) is 142 Å². The minimum atomic E-state index is -0.337. The summed E-state index contributed by atoms with van der Waals surface area (Å²) in [5.74, 6) is 6.05. The zero-order valence-electron chi connectivity index (χ0n) is 42.8.